The zero-order valence-electron chi connectivity index (χ0n) is 18.9. The van der Waals surface area contributed by atoms with Gasteiger partial charge in [-0.05, 0) is 57.3 Å². The van der Waals surface area contributed by atoms with Crippen molar-refractivity contribution in [1.29, 1.82) is 0 Å². The van der Waals surface area contributed by atoms with Crippen LogP contribution in [0.1, 0.15) is 18.9 Å². The molecule has 1 aromatic carbocycles. The van der Waals surface area contributed by atoms with E-state index < -0.39 is 0 Å². The summed E-state index contributed by atoms with van der Waals surface area (Å²) < 4.78 is 14.0. The number of guanidine groups is 1. The first-order valence-corrected chi connectivity index (χ1v) is 10.9. The van der Waals surface area contributed by atoms with Crippen molar-refractivity contribution in [1.82, 2.24) is 20.5 Å². The van der Waals surface area contributed by atoms with Crippen LogP contribution in [0.4, 0.5) is 15.9 Å². The number of anilines is 2. The van der Waals surface area contributed by atoms with Crippen LogP contribution in [0.15, 0.2) is 47.6 Å². The number of hydrogen-bond donors (Lipinski definition) is 3. The molecule has 8 nitrogen and oxygen atoms in total. The lowest BCUT2D eigenvalue weighted by molar-refractivity contribution is -0.116. The maximum absolute atomic E-state index is 14.0. The first kappa shape index (κ1) is 23.5. The van der Waals surface area contributed by atoms with E-state index in [-0.39, 0.29) is 17.8 Å². The number of likely N-dealkylation sites (N-methyl/N-ethyl adjacent to an activating group) is 1. The van der Waals surface area contributed by atoms with Gasteiger partial charge >= 0.3 is 0 Å². The van der Waals surface area contributed by atoms with E-state index in [4.69, 9.17) is 4.99 Å². The average Bonchev–Trinajstić information content (AvgIpc) is 3.20. The topological polar surface area (TPSA) is 84.9 Å². The van der Waals surface area contributed by atoms with Crippen molar-refractivity contribution >= 4 is 23.4 Å². The van der Waals surface area contributed by atoms with Crippen molar-refractivity contribution in [3.05, 3.63) is 54.0 Å². The normalized spacial score (nSPS) is 16.3. The van der Waals surface area contributed by atoms with Crippen LogP contribution in [0.25, 0.3) is 0 Å². The number of rotatable bonds is 8. The Kier molecular flexibility index (Phi) is 8.38. The summed E-state index contributed by atoms with van der Waals surface area (Å²) in [6.45, 7) is 4.95. The van der Waals surface area contributed by atoms with Gasteiger partial charge in [0.25, 0.3) is 0 Å². The number of carbonyl (C=O) groups excluding carboxylic acids is 1. The van der Waals surface area contributed by atoms with Crippen LogP contribution < -0.4 is 20.9 Å². The summed E-state index contributed by atoms with van der Waals surface area (Å²) in [5.41, 5.74) is 1.75. The summed E-state index contributed by atoms with van der Waals surface area (Å²) in [6, 6.07) is 10.9. The van der Waals surface area contributed by atoms with Crippen molar-refractivity contribution in [2.24, 2.45) is 4.99 Å². The lowest BCUT2D eigenvalue weighted by Crippen LogP contribution is -2.44. The maximum atomic E-state index is 14.0. The fourth-order valence-electron chi connectivity index (χ4n) is 3.60. The molecule has 0 aliphatic carbocycles. The number of hydrogen-bond acceptors (Lipinski definition) is 5. The molecule has 3 N–H and O–H groups in total. The SMILES string of the molecule is CCNC(=NCc1cccc(NC(=O)CN(C)C)c1)NC1CCN(c2ncccc2F)C1. The van der Waals surface area contributed by atoms with E-state index in [2.05, 4.69) is 20.9 Å². The molecule has 1 atom stereocenters. The number of amides is 1. The van der Waals surface area contributed by atoms with Crippen molar-refractivity contribution < 1.29 is 9.18 Å². The van der Waals surface area contributed by atoms with Crippen molar-refractivity contribution in [2.75, 3.05) is 50.5 Å². The van der Waals surface area contributed by atoms with E-state index in [0.29, 0.717) is 31.4 Å². The monoisotopic (exact) mass is 441 g/mol. The number of halogens is 1. The number of benzene rings is 1. The number of nitrogens with one attached hydrogen (secondary N) is 3. The van der Waals surface area contributed by atoms with Crippen molar-refractivity contribution in [3.63, 3.8) is 0 Å². The van der Waals surface area contributed by atoms with E-state index in [1.54, 1.807) is 12.3 Å². The third kappa shape index (κ3) is 6.91. The predicted molar refractivity (Wildman–Crippen MR) is 126 cm³/mol. The summed E-state index contributed by atoms with van der Waals surface area (Å²) in [4.78, 5) is 24.6. The molecule has 3 rings (SSSR count). The van der Waals surface area contributed by atoms with Gasteiger partial charge in [-0.1, -0.05) is 12.1 Å². The van der Waals surface area contributed by atoms with Gasteiger partial charge in [-0.2, -0.15) is 0 Å². The summed E-state index contributed by atoms with van der Waals surface area (Å²) in [5, 5.41) is 9.62. The van der Waals surface area contributed by atoms with Gasteiger partial charge < -0.3 is 25.8 Å². The Hall–Kier alpha value is -3.20. The van der Waals surface area contributed by atoms with Crippen LogP contribution >= 0.6 is 0 Å². The minimum Gasteiger partial charge on any atom is -0.357 e. The number of aromatic nitrogens is 1. The fraction of sp³-hybridized carbons (Fsp3) is 0.435. The van der Waals surface area contributed by atoms with Crippen molar-refractivity contribution in [2.45, 2.75) is 25.9 Å². The highest BCUT2D eigenvalue weighted by Gasteiger charge is 2.25. The number of pyridine rings is 1. The minimum absolute atomic E-state index is 0.0548. The van der Waals surface area contributed by atoms with Crippen LogP contribution in [0.2, 0.25) is 0 Å². The van der Waals surface area contributed by atoms with Crippen LogP contribution in [0.3, 0.4) is 0 Å². The second-order valence-electron chi connectivity index (χ2n) is 8.07. The Balaban J connectivity index is 1.59. The molecule has 2 heterocycles. The van der Waals surface area contributed by atoms with Gasteiger partial charge in [0.1, 0.15) is 0 Å². The molecule has 32 heavy (non-hydrogen) atoms. The lowest BCUT2D eigenvalue weighted by atomic mass is 10.2. The highest BCUT2D eigenvalue weighted by Crippen LogP contribution is 2.20. The molecule has 172 valence electrons. The largest absolute Gasteiger partial charge is 0.357 e. The molecular weight excluding hydrogens is 409 g/mol. The molecule has 1 amide bonds. The van der Waals surface area contributed by atoms with Crippen molar-refractivity contribution in [3.8, 4) is 0 Å². The molecule has 2 aromatic rings. The molecular formula is C23H32FN7O. The number of nitrogens with zero attached hydrogens (tertiary/aromatic N) is 4. The van der Waals surface area contributed by atoms with E-state index >= 15 is 0 Å². The molecule has 1 unspecified atom stereocenters. The Morgan fingerprint density at radius 1 is 1.31 bits per heavy atom. The molecule has 9 heteroatoms. The summed E-state index contributed by atoms with van der Waals surface area (Å²) in [5.74, 6) is 0.752. The highest BCUT2D eigenvalue weighted by molar-refractivity contribution is 5.92. The van der Waals surface area contributed by atoms with Crippen LogP contribution in [0, 0.1) is 5.82 Å². The summed E-state index contributed by atoms with van der Waals surface area (Å²) in [6.07, 6.45) is 2.48. The van der Waals surface area contributed by atoms with Gasteiger partial charge in [0.15, 0.2) is 17.6 Å². The highest BCUT2D eigenvalue weighted by atomic mass is 19.1. The van der Waals surface area contributed by atoms with E-state index in [1.807, 2.05) is 55.1 Å². The third-order valence-corrected chi connectivity index (χ3v) is 5.00. The Labute approximate surface area is 188 Å². The molecule has 1 aliphatic rings. The van der Waals surface area contributed by atoms with Gasteiger partial charge in [-0.15, -0.1) is 0 Å². The molecule has 1 saturated heterocycles. The van der Waals surface area contributed by atoms with E-state index in [1.165, 1.54) is 6.07 Å². The second kappa shape index (κ2) is 11.4. The molecule has 1 aromatic heterocycles. The van der Waals surface area contributed by atoms with Gasteiger partial charge in [0.05, 0.1) is 13.1 Å². The van der Waals surface area contributed by atoms with Crippen LogP contribution in [-0.4, -0.2) is 68.1 Å². The quantitative estimate of drug-likeness (QED) is 0.430. The second-order valence-corrected chi connectivity index (χ2v) is 8.07. The van der Waals surface area contributed by atoms with Gasteiger partial charge in [-0.3, -0.25) is 4.79 Å². The first-order valence-electron chi connectivity index (χ1n) is 10.9. The number of aliphatic imine (C=N–C) groups is 1. The van der Waals surface area contributed by atoms with Crippen LogP contribution in [-0.2, 0) is 11.3 Å². The lowest BCUT2D eigenvalue weighted by Gasteiger charge is -2.20. The fourth-order valence-corrected chi connectivity index (χ4v) is 3.60. The smallest absolute Gasteiger partial charge is 0.238 e. The average molecular weight is 442 g/mol. The predicted octanol–water partition coefficient (Wildman–Crippen LogP) is 2.05. The van der Waals surface area contributed by atoms with E-state index in [0.717, 1.165) is 30.8 Å². The van der Waals surface area contributed by atoms with Gasteiger partial charge in [0.2, 0.25) is 5.91 Å². The number of carbonyl (C=O) groups is 1. The van der Waals surface area contributed by atoms with Gasteiger partial charge in [0, 0.05) is 37.6 Å². The molecule has 0 saturated carbocycles. The molecule has 1 aliphatic heterocycles. The van der Waals surface area contributed by atoms with E-state index in [9.17, 15) is 9.18 Å². The first-order chi connectivity index (χ1) is 15.4. The molecule has 0 spiro atoms. The summed E-state index contributed by atoms with van der Waals surface area (Å²) >= 11 is 0. The third-order valence-electron chi connectivity index (χ3n) is 5.00. The standard InChI is InChI=1S/C23H32FN7O/c1-4-25-23(29-19-10-12-31(15-19)22-20(24)9-6-11-26-22)27-14-17-7-5-8-18(13-17)28-21(32)16-30(2)3/h5-9,11,13,19H,4,10,12,14-16H2,1-3H3,(H,28,32)(H2,25,27,29). The minimum atomic E-state index is -0.300. The molecule has 1 fully saturated rings. The Morgan fingerprint density at radius 2 is 2.16 bits per heavy atom. The maximum Gasteiger partial charge on any atom is 0.238 e. The zero-order chi connectivity index (χ0) is 22.9. The van der Waals surface area contributed by atoms with Gasteiger partial charge in [-0.25, -0.2) is 14.4 Å². The summed E-state index contributed by atoms with van der Waals surface area (Å²) in [7, 11) is 3.72. The molecule has 0 bridgehead atoms. The Bertz CT molecular complexity index is 934. The van der Waals surface area contributed by atoms with Crippen LogP contribution in [0.5, 0.6) is 0 Å². The zero-order valence-corrected chi connectivity index (χ0v) is 18.9. The Morgan fingerprint density at radius 3 is 2.91 bits per heavy atom. The molecule has 0 radical (unpaired) electrons.